The third kappa shape index (κ3) is 5.17. The van der Waals surface area contributed by atoms with Crippen molar-refractivity contribution in [1.82, 2.24) is 15.2 Å². The van der Waals surface area contributed by atoms with E-state index in [9.17, 15) is 9.59 Å². The van der Waals surface area contributed by atoms with Gasteiger partial charge >= 0.3 is 0 Å². The van der Waals surface area contributed by atoms with Gasteiger partial charge < -0.3 is 5.32 Å². The van der Waals surface area contributed by atoms with Gasteiger partial charge in [-0.15, -0.1) is 6.42 Å². The van der Waals surface area contributed by atoms with E-state index in [1.54, 1.807) is 30.5 Å². The number of hydrogen-bond donors (Lipinski definition) is 2. The Morgan fingerprint density at radius 3 is 2.62 bits per heavy atom. The van der Waals surface area contributed by atoms with Crippen LogP contribution in [-0.2, 0) is 11.2 Å². The molecule has 0 aliphatic heterocycles. The average molecular weight is 447 g/mol. The molecule has 1 amide bonds. The number of H-pyrrole nitrogens is 1. The van der Waals surface area contributed by atoms with Crippen LogP contribution in [0.4, 0.5) is 5.69 Å². The van der Waals surface area contributed by atoms with Gasteiger partial charge in [0.25, 0.3) is 11.5 Å². The molecule has 34 heavy (non-hydrogen) atoms. The third-order valence-corrected chi connectivity index (χ3v) is 5.30. The van der Waals surface area contributed by atoms with Crippen LogP contribution in [0.25, 0.3) is 16.3 Å². The first-order valence-electron chi connectivity index (χ1n) is 10.7. The second-order valence-electron chi connectivity index (χ2n) is 7.67. The Kier molecular flexibility index (Phi) is 6.76. The molecule has 0 radical (unpaired) electrons. The number of carbonyl (C=O) groups excluding carboxylic acids is 1. The molecule has 0 fully saturated rings. The Labute approximate surface area is 197 Å². The number of anilines is 1. The highest BCUT2D eigenvalue weighted by Crippen LogP contribution is 2.19. The normalized spacial score (nSPS) is 11.8. The molecule has 0 atom stereocenters. The lowest BCUT2D eigenvalue weighted by atomic mass is 10.0. The Morgan fingerprint density at radius 1 is 1.06 bits per heavy atom. The first-order chi connectivity index (χ1) is 16.5. The Balaban J connectivity index is 1.52. The van der Waals surface area contributed by atoms with Crippen LogP contribution in [-0.4, -0.2) is 21.1 Å². The van der Waals surface area contributed by atoms with Crippen LogP contribution in [0.1, 0.15) is 23.9 Å². The summed E-state index contributed by atoms with van der Waals surface area (Å²) in [5.74, 6) is 2.07. The number of terminal acetylenes is 1. The van der Waals surface area contributed by atoms with Crippen molar-refractivity contribution in [2.24, 2.45) is 0 Å². The fourth-order valence-corrected chi connectivity index (χ4v) is 3.54. The maximum Gasteiger partial charge on any atom is 0.272 e. The highest BCUT2D eigenvalue weighted by atomic mass is 16.1. The molecule has 0 saturated heterocycles. The highest BCUT2D eigenvalue weighted by molar-refractivity contribution is 6.07. The van der Waals surface area contributed by atoms with E-state index in [0.717, 1.165) is 27.9 Å². The van der Waals surface area contributed by atoms with Crippen LogP contribution >= 0.6 is 0 Å². The summed E-state index contributed by atoms with van der Waals surface area (Å²) in [6.07, 6.45) is 11.2. The number of pyridine rings is 1. The lowest BCUT2D eigenvalue weighted by Gasteiger charge is -2.09. The molecular formula is C28H22N4O2. The lowest BCUT2D eigenvalue weighted by molar-refractivity contribution is -0.112. The summed E-state index contributed by atoms with van der Waals surface area (Å²) in [4.78, 5) is 29.1. The van der Waals surface area contributed by atoms with E-state index in [-0.39, 0.29) is 17.0 Å². The third-order valence-electron chi connectivity index (χ3n) is 5.30. The zero-order valence-electron chi connectivity index (χ0n) is 18.6. The van der Waals surface area contributed by atoms with Gasteiger partial charge in [-0.25, -0.2) is 5.10 Å². The smallest absolute Gasteiger partial charge is 0.272 e. The summed E-state index contributed by atoms with van der Waals surface area (Å²) in [6.45, 7) is 1.91. The Bertz CT molecular complexity index is 1510. The number of hydrogen-bond acceptors (Lipinski definition) is 4. The van der Waals surface area contributed by atoms with Crippen LogP contribution in [0.15, 0.2) is 95.4 Å². The molecule has 0 unspecified atom stereocenters. The minimum atomic E-state index is -0.377. The molecule has 0 spiro atoms. The molecule has 2 heterocycles. The van der Waals surface area contributed by atoms with E-state index in [1.807, 2.05) is 61.5 Å². The van der Waals surface area contributed by atoms with Crippen molar-refractivity contribution in [3.8, 4) is 12.3 Å². The van der Waals surface area contributed by atoms with Gasteiger partial charge in [-0.05, 0) is 54.5 Å². The summed E-state index contributed by atoms with van der Waals surface area (Å²) in [6, 6.07) is 20.4. The molecule has 2 aromatic carbocycles. The Hall–Kier alpha value is -4.76. The van der Waals surface area contributed by atoms with E-state index in [2.05, 4.69) is 26.4 Å². The molecule has 166 valence electrons. The summed E-state index contributed by atoms with van der Waals surface area (Å²) >= 11 is 0. The van der Waals surface area contributed by atoms with Crippen molar-refractivity contribution in [2.75, 3.05) is 5.32 Å². The molecule has 2 aromatic heterocycles. The number of benzene rings is 2. The van der Waals surface area contributed by atoms with Gasteiger partial charge in [-0.1, -0.05) is 48.4 Å². The number of aromatic nitrogens is 3. The van der Waals surface area contributed by atoms with Crippen molar-refractivity contribution in [3.63, 3.8) is 0 Å². The zero-order chi connectivity index (χ0) is 23.9. The summed E-state index contributed by atoms with van der Waals surface area (Å²) in [5, 5.41) is 11.0. The minimum absolute atomic E-state index is 0.203. The van der Waals surface area contributed by atoms with Crippen LogP contribution < -0.4 is 10.9 Å². The first-order valence-corrected chi connectivity index (χ1v) is 10.7. The van der Waals surface area contributed by atoms with E-state index >= 15 is 0 Å². The molecule has 4 rings (SSSR count). The van der Waals surface area contributed by atoms with E-state index in [1.165, 1.54) is 0 Å². The molecule has 2 N–H and O–H groups in total. The summed E-state index contributed by atoms with van der Waals surface area (Å²) in [7, 11) is 0. The maximum absolute atomic E-state index is 12.8. The van der Waals surface area contributed by atoms with Crippen LogP contribution in [0.2, 0.25) is 0 Å². The van der Waals surface area contributed by atoms with Gasteiger partial charge in [-0.2, -0.15) is 5.10 Å². The van der Waals surface area contributed by atoms with Crippen molar-refractivity contribution >= 4 is 27.9 Å². The molecule has 0 saturated carbocycles. The molecule has 0 bridgehead atoms. The van der Waals surface area contributed by atoms with Crippen molar-refractivity contribution in [2.45, 2.75) is 13.3 Å². The molecule has 0 aliphatic carbocycles. The number of rotatable bonds is 6. The molecule has 0 aliphatic rings. The average Bonchev–Trinajstić information content (AvgIpc) is 2.87. The van der Waals surface area contributed by atoms with Crippen molar-refractivity contribution in [1.29, 1.82) is 0 Å². The predicted molar refractivity (Wildman–Crippen MR) is 135 cm³/mol. The van der Waals surface area contributed by atoms with Crippen molar-refractivity contribution < 1.29 is 4.79 Å². The van der Waals surface area contributed by atoms with Crippen LogP contribution in [0.5, 0.6) is 0 Å². The molecular weight excluding hydrogens is 424 g/mol. The lowest BCUT2D eigenvalue weighted by Crippen LogP contribution is -2.14. The SMILES string of the molecule is C#C/C(=C\C=C(/C)c1ccccn1)C(=O)Nc1cccc(Cc2n[nH]c(=O)c3ccccc23)c1. The minimum Gasteiger partial charge on any atom is -0.321 e. The number of fused-ring (bicyclic) bond motifs is 1. The number of amides is 1. The second-order valence-corrected chi connectivity index (χ2v) is 7.67. The second kappa shape index (κ2) is 10.2. The van der Waals surface area contributed by atoms with E-state index in [0.29, 0.717) is 17.5 Å². The topological polar surface area (TPSA) is 87.7 Å². The fourth-order valence-electron chi connectivity index (χ4n) is 3.54. The van der Waals surface area contributed by atoms with Crippen LogP contribution in [0.3, 0.4) is 0 Å². The van der Waals surface area contributed by atoms with Gasteiger partial charge in [0.1, 0.15) is 0 Å². The van der Waals surface area contributed by atoms with E-state index in [4.69, 9.17) is 6.42 Å². The predicted octanol–water partition coefficient (Wildman–Crippen LogP) is 4.51. The molecule has 6 heteroatoms. The number of nitrogens with one attached hydrogen (secondary N) is 2. The monoisotopic (exact) mass is 446 g/mol. The standard InChI is InChI=1S/C28H22N4O2/c1-3-21(15-14-19(2)25-13-6-7-16-29-25)27(33)30-22-10-8-9-20(17-22)18-26-23-11-4-5-12-24(23)28(34)32-31-26/h1,4-17H,18H2,2H3,(H,30,33)(H,32,34)/b19-14+,21-15+. The summed E-state index contributed by atoms with van der Waals surface area (Å²) in [5.41, 5.74) is 3.98. The number of aromatic amines is 1. The molecule has 4 aromatic rings. The number of nitrogens with zero attached hydrogens (tertiary/aromatic N) is 2. The number of allylic oxidation sites excluding steroid dienone is 3. The largest absolute Gasteiger partial charge is 0.321 e. The maximum atomic E-state index is 12.8. The van der Waals surface area contributed by atoms with Gasteiger partial charge in [0.15, 0.2) is 0 Å². The number of carbonyl (C=O) groups is 1. The highest BCUT2D eigenvalue weighted by Gasteiger charge is 2.10. The zero-order valence-corrected chi connectivity index (χ0v) is 18.6. The van der Waals surface area contributed by atoms with Gasteiger partial charge in [0.05, 0.1) is 22.3 Å². The first kappa shape index (κ1) is 22.4. The van der Waals surface area contributed by atoms with E-state index < -0.39 is 0 Å². The van der Waals surface area contributed by atoms with Crippen LogP contribution in [0, 0.1) is 12.3 Å². The van der Waals surface area contributed by atoms with Gasteiger partial charge in [-0.3, -0.25) is 14.6 Å². The van der Waals surface area contributed by atoms with Gasteiger partial charge in [0, 0.05) is 23.7 Å². The fraction of sp³-hybridized carbons (Fsp3) is 0.0714. The van der Waals surface area contributed by atoms with Crippen molar-refractivity contribution in [3.05, 3.63) is 118 Å². The molecule has 6 nitrogen and oxygen atoms in total. The Morgan fingerprint density at radius 2 is 1.85 bits per heavy atom. The van der Waals surface area contributed by atoms with Gasteiger partial charge in [0.2, 0.25) is 0 Å². The quantitative estimate of drug-likeness (QED) is 0.259. The summed E-state index contributed by atoms with van der Waals surface area (Å²) < 4.78 is 0.